The zero-order valence-corrected chi connectivity index (χ0v) is 14.1. The van der Waals surface area contributed by atoms with Crippen LogP contribution in [0.25, 0.3) is 21.0 Å². The molecule has 3 aromatic rings. The molecule has 0 aliphatic carbocycles. The highest BCUT2D eigenvalue weighted by Crippen LogP contribution is 2.31. The molecule has 1 aliphatic rings. The zero-order valence-electron chi connectivity index (χ0n) is 13.3. The van der Waals surface area contributed by atoms with Crippen molar-refractivity contribution in [2.24, 2.45) is 11.7 Å². The molecule has 0 spiro atoms. The van der Waals surface area contributed by atoms with Gasteiger partial charge in [-0.15, -0.1) is 11.3 Å². The number of thiazole rings is 1. The summed E-state index contributed by atoms with van der Waals surface area (Å²) in [7, 11) is 0. The second-order valence-corrected chi connectivity index (χ2v) is 7.15. The number of carbonyl (C=O) groups excluding carboxylic acids is 1. The molecule has 2 aromatic heterocycles. The van der Waals surface area contributed by atoms with Gasteiger partial charge in [0.05, 0.1) is 10.2 Å². The first-order valence-corrected chi connectivity index (χ1v) is 9.01. The number of nitrogens with two attached hydrogens (primary N) is 1. The number of piperidine rings is 1. The molecule has 0 bridgehead atoms. The summed E-state index contributed by atoms with van der Waals surface area (Å²) in [5.74, 6) is 1.52. The fourth-order valence-corrected chi connectivity index (χ4v) is 4.00. The Balaban J connectivity index is 1.53. The van der Waals surface area contributed by atoms with E-state index in [1.807, 2.05) is 35.2 Å². The molecule has 1 saturated heterocycles. The molecule has 1 amide bonds. The van der Waals surface area contributed by atoms with Gasteiger partial charge in [0.25, 0.3) is 5.91 Å². The minimum absolute atomic E-state index is 0.0437. The molecule has 5 nitrogen and oxygen atoms in total. The number of nitrogens with zero attached hydrogens (tertiary/aromatic N) is 2. The molecule has 2 N–H and O–H groups in total. The van der Waals surface area contributed by atoms with Crippen molar-refractivity contribution in [1.82, 2.24) is 9.88 Å². The highest BCUT2D eigenvalue weighted by molar-refractivity contribution is 7.21. The maximum Gasteiger partial charge on any atom is 0.289 e. The van der Waals surface area contributed by atoms with Crippen LogP contribution in [0.5, 0.6) is 0 Å². The van der Waals surface area contributed by atoms with Gasteiger partial charge in [-0.3, -0.25) is 4.79 Å². The smallest absolute Gasteiger partial charge is 0.289 e. The summed E-state index contributed by atoms with van der Waals surface area (Å²) >= 11 is 1.57. The summed E-state index contributed by atoms with van der Waals surface area (Å²) in [5, 5.41) is 0.803. The SMILES string of the molecule is NCC1CCN(C(=O)c2ccc(-c3nc4ccccc4s3)o2)CC1. The van der Waals surface area contributed by atoms with Crippen molar-refractivity contribution in [3.63, 3.8) is 0 Å². The van der Waals surface area contributed by atoms with Crippen LogP contribution in [-0.4, -0.2) is 35.4 Å². The van der Waals surface area contributed by atoms with E-state index in [1.165, 1.54) is 0 Å². The Labute approximate surface area is 144 Å². The Hall–Kier alpha value is -2.18. The van der Waals surface area contributed by atoms with E-state index in [0.29, 0.717) is 24.0 Å². The van der Waals surface area contributed by atoms with E-state index >= 15 is 0 Å². The first kappa shape index (κ1) is 15.4. The molecule has 124 valence electrons. The molecular formula is C18H19N3O2S. The summed E-state index contributed by atoms with van der Waals surface area (Å²) in [5.41, 5.74) is 6.66. The van der Waals surface area contributed by atoms with Crippen LogP contribution in [0.15, 0.2) is 40.8 Å². The van der Waals surface area contributed by atoms with Gasteiger partial charge < -0.3 is 15.1 Å². The van der Waals surface area contributed by atoms with E-state index in [4.69, 9.17) is 10.2 Å². The number of aromatic nitrogens is 1. The molecular weight excluding hydrogens is 322 g/mol. The maximum atomic E-state index is 12.6. The Kier molecular flexibility index (Phi) is 4.08. The molecule has 1 fully saturated rings. The van der Waals surface area contributed by atoms with Crippen LogP contribution in [0.1, 0.15) is 23.4 Å². The van der Waals surface area contributed by atoms with Gasteiger partial charge in [-0.2, -0.15) is 0 Å². The van der Waals surface area contributed by atoms with Crippen LogP contribution in [0.3, 0.4) is 0 Å². The number of para-hydroxylation sites is 1. The van der Waals surface area contributed by atoms with Crippen molar-refractivity contribution >= 4 is 27.5 Å². The standard InChI is InChI=1S/C18H19N3O2S/c19-11-12-7-9-21(10-8-12)18(22)15-6-5-14(23-15)17-20-13-3-1-2-4-16(13)24-17/h1-6,12H,7-11,19H2. The van der Waals surface area contributed by atoms with E-state index in [1.54, 1.807) is 17.4 Å². The Morgan fingerprint density at radius 3 is 2.79 bits per heavy atom. The lowest BCUT2D eigenvalue weighted by Gasteiger charge is -2.30. The minimum Gasteiger partial charge on any atom is -0.448 e. The average Bonchev–Trinajstić information content (AvgIpc) is 3.27. The number of fused-ring (bicyclic) bond motifs is 1. The van der Waals surface area contributed by atoms with Crippen molar-refractivity contribution in [3.8, 4) is 10.8 Å². The predicted octanol–water partition coefficient (Wildman–Crippen LogP) is 3.37. The number of carbonyl (C=O) groups is 1. The number of hydrogen-bond donors (Lipinski definition) is 1. The molecule has 3 heterocycles. The van der Waals surface area contributed by atoms with Crippen molar-refractivity contribution in [3.05, 3.63) is 42.2 Å². The van der Waals surface area contributed by atoms with Crippen LogP contribution in [0, 0.1) is 5.92 Å². The number of hydrogen-bond acceptors (Lipinski definition) is 5. The van der Waals surface area contributed by atoms with Crippen LogP contribution >= 0.6 is 11.3 Å². The molecule has 24 heavy (non-hydrogen) atoms. The maximum absolute atomic E-state index is 12.6. The predicted molar refractivity (Wildman–Crippen MR) is 95.0 cm³/mol. The second kappa shape index (κ2) is 6.37. The van der Waals surface area contributed by atoms with E-state index in [2.05, 4.69) is 4.98 Å². The first-order chi connectivity index (χ1) is 11.7. The third-order valence-electron chi connectivity index (χ3n) is 4.56. The molecule has 0 atom stereocenters. The Morgan fingerprint density at radius 1 is 1.25 bits per heavy atom. The van der Waals surface area contributed by atoms with Crippen LogP contribution in [-0.2, 0) is 0 Å². The third-order valence-corrected chi connectivity index (χ3v) is 5.61. The summed E-state index contributed by atoms with van der Waals surface area (Å²) in [6.07, 6.45) is 1.93. The van der Waals surface area contributed by atoms with Gasteiger partial charge in [0.1, 0.15) is 0 Å². The van der Waals surface area contributed by atoms with Gasteiger partial charge >= 0.3 is 0 Å². The van der Waals surface area contributed by atoms with Crippen LogP contribution in [0.4, 0.5) is 0 Å². The fraction of sp³-hybridized carbons (Fsp3) is 0.333. The topological polar surface area (TPSA) is 72.4 Å². The molecule has 6 heteroatoms. The molecule has 1 aliphatic heterocycles. The fourth-order valence-electron chi connectivity index (χ4n) is 3.07. The zero-order chi connectivity index (χ0) is 16.5. The van der Waals surface area contributed by atoms with Gasteiger partial charge in [0, 0.05) is 13.1 Å². The number of likely N-dealkylation sites (tertiary alicyclic amines) is 1. The normalized spacial score (nSPS) is 16.0. The van der Waals surface area contributed by atoms with Crippen molar-refractivity contribution in [1.29, 1.82) is 0 Å². The van der Waals surface area contributed by atoms with Crippen molar-refractivity contribution < 1.29 is 9.21 Å². The number of furan rings is 1. The Bertz CT molecular complexity index is 829. The summed E-state index contributed by atoms with van der Waals surface area (Å²) in [4.78, 5) is 19.0. The molecule has 0 unspecified atom stereocenters. The quantitative estimate of drug-likeness (QED) is 0.793. The molecule has 4 rings (SSSR count). The van der Waals surface area contributed by atoms with Crippen LogP contribution < -0.4 is 5.73 Å². The third kappa shape index (κ3) is 2.83. The molecule has 1 aromatic carbocycles. The molecule has 0 radical (unpaired) electrons. The van der Waals surface area contributed by atoms with Crippen molar-refractivity contribution in [2.45, 2.75) is 12.8 Å². The lowest BCUT2D eigenvalue weighted by Crippen LogP contribution is -2.39. The molecule has 0 saturated carbocycles. The Morgan fingerprint density at radius 2 is 2.04 bits per heavy atom. The van der Waals surface area contributed by atoms with Crippen molar-refractivity contribution in [2.75, 3.05) is 19.6 Å². The summed E-state index contributed by atoms with van der Waals surface area (Å²) < 4.78 is 6.91. The van der Waals surface area contributed by atoms with Gasteiger partial charge in [0.15, 0.2) is 16.5 Å². The van der Waals surface area contributed by atoms with Gasteiger partial charge in [-0.1, -0.05) is 12.1 Å². The second-order valence-electron chi connectivity index (χ2n) is 6.12. The van der Waals surface area contributed by atoms with Gasteiger partial charge in [-0.05, 0) is 49.6 Å². The van der Waals surface area contributed by atoms with Gasteiger partial charge in [-0.25, -0.2) is 4.98 Å². The monoisotopic (exact) mass is 341 g/mol. The number of benzene rings is 1. The first-order valence-electron chi connectivity index (χ1n) is 8.19. The lowest BCUT2D eigenvalue weighted by molar-refractivity contribution is 0.0662. The van der Waals surface area contributed by atoms with Gasteiger partial charge in [0.2, 0.25) is 0 Å². The lowest BCUT2D eigenvalue weighted by atomic mass is 9.97. The number of amides is 1. The summed E-state index contributed by atoms with van der Waals surface area (Å²) in [6.45, 7) is 2.19. The summed E-state index contributed by atoms with van der Waals surface area (Å²) in [6, 6.07) is 11.6. The highest BCUT2D eigenvalue weighted by Gasteiger charge is 2.25. The minimum atomic E-state index is -0.0437. The van der Waals surface area contributed by atoms with E-state index < -0.39 is 0 Å². The average molecular weight is 341 g/mol. The largest absolute Gasteiger partial charge is 0.448 e. The van der Waals surface area contributed by atoms with E-state index in [9.17, 15) is 4.79 Å². The number of rotatable bonds is 3. The van der Waals surface area contributed by atoms with E-state index in [-0.39, 0.29) is 5.91 Å². The van der Waals surface area contributed by atoms with Crippen LogP contribution in [0.2, 0.25) is 0 Å². The highest BCUT2D eigenvalue weighted by atomic mass is 32.1. The van der Waals surface area contributed by atoms with E-state index in [0.717, 1.165) is 41.2 Å².